The van der Waals surface area contributed by atoms with Crippen molar-refractivity contribution in [1.82, 2.24) is 10.2 Å². The van der Waals surface area contributed by atoms with E-state index in [4.69, 9.17) is 4.74 Å². The van der Waals surface area contributed by atoms with Gasteiger partial charge in [0.25, 0.3) is 0 Å². The number of morpholine rings is 1. The molecule has 0 spiro atoms. The Kier molecular flexibility index (Phi) is 5.42. The summed E-state index contributed by atoms with van der Waals surface area (Å²) in [5.41, 5.74) is 0. The van der Waals surface area contributed by atoms with E-state index in [2.05, 4.69) is 17.1 Å². The predicted molar refractivity (Wildman–Crippen MR) is 72.7 cm³/mol. The smallest absolute Gasteiger partial charge is 0.0620 e. The van der Waals surface area contributed by atoms with Crippen LogP contribution in [0.1, 0.15) is 33.1 Å². The lowest BCUT2D eigenvalue weighted by atomic mass is 9.91. The second kappa shape index (κ2) is 6.85. The quantitative estimate of drug-likeness (QED) is 0.782. The summed E-state index contributed by atoms with van der Waals surface area (Å²) in [6.07, 6.45) is 3.29. The van der Waals surface area contributed by atoms with Gasteiger partial charge >= 0.3 is 0 Å². The van der Waals surface area contributed by atoms with Gasteiger partial charge in [-0.3, -0.25) is 0 Å². The number of nitrogens with zero attached hydrogens (tertiary/aromatic N) is 1. The zero-order valence-electron chi connectivity index (χ0n) is 11.8. The lowest BCUT2D eigenvalue weighted by molar-refractivity contribution is 0.0394. The van der Waals surface area contributed by atoms with Crippen LogP contribution in [-0.2, 0) is 4.74 Å². The molecule has 0 aromatic heterocycles. The molecule has 2 saturated heterocycles. The molecule has 0 radical (unpaired) electrons. The number of nitrogens with one attached hydrogen (secondary N) is 1. The Hall–Kier alpha value is -0.160. The SMILES string of the molecule is CC(O)C1CCN(C(C)CC2COCCN2)CC1. The highest BCUT2D eigenvalue weighted by atomic mass is 16.5. The van der Waals surface area contributed by atoms with Crippen LogP contribution in [0.4, 0.5) is 0 Å². The average Bonchev–Trinajstić information content (AvgIpc) is 2.40. The molecule has 2 heterocycles. The third-order valence-corrected chi connectivity index (χ3v) is 4.50. The molecule has 0 saturated carbocycles. The number of aliphatic hydroxyl groups excluding tert-OH is 1. The summed E-state index contributed by atoms with van der Waals surface area (Å²) < 4.78 is 5.50. The van der Waals surface area contributed by atoms with E-state index in [0.717, 1.165) is 45.7 Å². The third-order valence-electron chi connectivity index (χ3n) is 4.50. The minimum Gasteiger partial charge on any atom is -0.393 e. The number of hydrogen-bond acceptors (Lipinski definition) is 4. The predicted octanol–water partition coefficient (Wildman–Crippen LogP) is 0.846. The molecule has 0 aromatic carbocycles. The van der Waals surface area contributed by atoms with Crippen LogP contribution in [-0.4, -0.2) is 61.0 Å². The zero-order chi connectivity index (χ0) is 13.0. The Morgan fingerprint density at radius 3 is 2.61 bits per heavy atom. The molecule has 2 fully saturated rings. The number of piperidine rings is 1. The summed E-state index contributed by atoms with van der Waals surface area (Å²) in [5, 5.41) is 13.1. The van der Waals surface area contributed by atoms with Gasteiger partial charge in [-0.2, -0.15) is 0 Å². The molecule has 4 heteroatoms. The van der Waals surface area contributed by atoms with Crippen LogP contribution >= 0.6 is 0 Å². The van der Waals surface area contributed by atoms with E-state index in [0.29, 0.717) is 18.0 Å². The fraction of sp³-hybridized carbons (Fsp3) is 1.00. The van der Waals surface area contributed by atoms with Gasteiger partial charge in [0.05, 0.1) is 19.3 Å². The van der Waals surface area contributed by atoms with Gasteiger partial charge in [-0.25, -0.2) is 0 Å². The van der Waals surface area contributed by atoms with E-state index < -0.39 is 0 Å². The molecule has 0 aliphatic carbocycles. The molecular formula is C14H28N2O2. The van der Waals surface area contributed by atoms with Crippen molar-refractivity contribution in [3.63, 3.8) is 0 Å². The van der Waals surface area contributed by atoms with E-state index in [1.54, 1.807) is 0 Å². The number of likely N-dealkylation sites (tertiary alicyclic amines) is 1. The van der Waals surface area contributed by atoms with E-state index in [-0.39, 0.29) is 6.10 Å². The minimum absolute atomic E-state index is 0.143. The molecule has 2 aliphatic rings. The highest BCUT2D eigenvalue weighted by molar-refractivity contribution is 4.82. The molecule has 2 N–H and O–H groups in total. The van der Waals surface area contributed by atoms with Crippen molar-refractivity contribution in [1.29, 1.82) is 0 Å². The van der Waals surface area contributed by atoms with Crippen LogP contribution in [0.5, 0.6) is 0 Å². The normalized spacial score (nSPS) is 31.2. The zero-order valence-corrected chi connectivity index (χ0v) is 11.8. The van der Waals surface area contributed by atoms with Gasteiger partial charge in [0.15, 0.2) is 0 Å². The van der Waals surface area contributed by atoms with Crippen molar-refractivity contribution in [3.8, 4) is 0 Å². The van der Waals surface area contributed by atoms with Crippen LogP contribution < -0.4 is 5.32 Å². The molecule has 0 amide bonds. The highest BCUT2D eigenvalue weighted by Gasteiger charge is 2.26. The van der Waals surface area contributed by atoms with Gasteiger partial charge in [-0.05, 0) is 52.1 Å². The summed E-state index contributed by atoms with van der Waals surface area (Å²) >= 11 is 0. The van der Waals surface area contributed by atoms with Crippen LogP contribution in [0.25, 0.3) is 0 Å². The Balaban J connectivity index is 1.71. The first-order chi connectivity index (χ1) is 8.66. The first kappa shape index (κ1) is 14.3. The third kappa shape index (κ3) is 3.92. The van der Waals surface area contributed by atoms with Gasteiger partial charge in [0.2, 0.25) is 0 Å². The van der Waals surface area contributed by atoms with Gasteiger partial charge in [-0.15, -0.1) is 0 Å². The van der Waals surface area contributed by atoms with Crippen molar-refractivity contribution < 1.29 is 9.84 Å². The summed E-state index contributed by atoms with van der Waals surface area (Å²) in [6, 6.07) is 1.13. The summed E-state index contributed by atoms with van der Waals surface area (Å²) in [7, 11) is 0. The van der Waals surface area contributed by atoms with Gasteiger partial charge < -0.3 is 20.1 Å². The first-order valence-electron chi connectivity index (χ1n) is 7.40. The van der Waals surface area contributed by atoms with E-state index in [9.17, 15) is 5.11 Å². The molecule has 106 valence electrons. The lowest BCUT2D eigenvalue weighted by Gasteiger charge is -2.38. The van der Waals surface area contributed by atoms with Gasteiger partial charge in [-0.1, -0.05) is 0 Å². The van der Waals surface area contributed by atoms with E-state index >= 15 is 0 Å². The van der Waals surface area contributed by atoms with Crippen molar-refractivity contribution >= 4 is 0 Å². The van der Waals surface area contributed by atoms with E-state index in [1.807, 2.05) is 6.92 Å². The first-order valence-corrected chi connectivity index (χ1v) is 7.40. The summed E-state index contributed by atoms with van der Waals surface area (Å²) in [6.45, 7) is 9.20. The Bertz CT molecular complexity index is 234. The maximum Gasteiger partial charge on any atom is 0.0620 e. The molecular weight excluding hydrogens is 228 g/mol. The van der Waals surface area contributed by atoms with Crippen molar-refractivity contribution in [3.05, 3.63) is 0 Å². The number of ether oxygens (including phenoxy) is 1. The molecule has 2 aliphatic heterocycles. The summed E-state index contributed by atoms with van der Waals surface area (Å²) in [5.74, 6) is 0.504. The Morgan fingerprint density at radius 1 is 1.33 bits per heavy atom. The number of hydrogen-bond donors (Lipinski definition) is 2. The van der Waals surface area contributed by atoms with Crippen molar-refractivity contribution in [2.45, 2.75) is 51.3 Å². The molecule has 3 unspecified atom stereocenters. The largest absolute Gasteiger partial charge is 0.393 e. The van der Waals surface area contributed by atoms with Gasteiger partial charge in [0.1, 0.15) is 0 Å². The van der Waals surface area contributed by atoms with Crippen LogP contribution in [0, 0.1) is 5.92 Å². The van der Waals surface area contributed by atoms with Crippen molar-refractivity contribution in [2.24, 2.45) is 5.92 Å². The second-order valence-electron chi connectivity index (χ2n) is 5.92. The van der Waals surface area contributed by atoms with Gasteiger partial charge in [0, 0.05) is 18.6 Å². The Labute approximate surface area is 111 Å². The standard InChI is InChI=1S/C14H28N2O2/c1-11(9-14-10-18-8-5-15-14)16-6-3-13(4-7-16)12(2)17/h11-15,17H,3-10H2,1-2H3. The molecule has 4 nitrogen and oxygen atoms in total. The van der Waals surface area contributed by atoms with E-state index in [1.165, 1.54) is 6.42 Å². The molecule has 3 atom stereocenters. The topological polar surface area (TPSA) is 44.7 Å². The molecule has 2 rings (SSSR count). The monoisotopic (exact) mass is 256 g/mol. The molecule has 0 aromatic rings. The van der Waals surface area contributed by atoms with Crippen LogP contribution in [0.2, 0.25) is 0 Å². The maximum atomic E-state index is 9.62. The fourth-order valence-corrected chi connectivity index (χ4v) is 3.17. The van der Waals surface area contributed by atoms with Crippen LogP contribution in [0.15, 0.2) is 0 Å². The number of rotatable bonds is 4. The van der Waals surface area contributed by atoms with Crippen molar-refractivity contribution in [2.75, 3.05) is 32.8 Å². The average molecular weight is 256 g/mol. The second-order valence-corrected chi connectivity index (χ2v) is 5.92. The lowest BCUT2D eigenvalue weighted by Crippen LogP contribution is -2.48. The molecule has 0 bridgehead atoms. The fourth-order valence-electron chi connectivity index (χ4n) is 3.17. The maximum absolute atomic E-state index is 9.62. The van der Waals surface area contributed by atoms with Crippen LogP contribution in [0.3, 0.4) is 0 Å². The number of aliphatic hydroxyl groups is 1. The Morgan fingerprint density at radius 2 is 2.06 bits per heavy atom. The highest BCUT2D eigenvalue weighted by Crippen LogP contribution is 2.23. The minimum atomic E-state index is -0.143. The summed E-state index contributed by atoms with van der Waals surface area (Å²) in [4.78, 5) is 2.56. The molecule has 18 heavy (non-hydrogen) atoms.